The summed E-state index contributed by atoms with van der Waals surface area (Å²) in [5.74, 6) is 0.134. The van der Waals surface area contributed by atoms with Gasteiger partial charge in [0.25, 0.3) is 5.91 Å². The quantitative estimate of drug-likeness (QED) is 0.669. The summed E-state index contributed by atoms with van der Waals surface area (Å²) in [6, 6.07) is 17.2. The Kier molecular flexibility index (Phi) is 5.40. The molecule has 0 aliphatic heterocycles. The second-order valence-corrected chi connectivity index (χ2v) is 6.40. The molecule has 0 saturated carbocycles. The smallest absolute Gasteiger partial charge is 0.274 e. The highest BCUT2D eigenvalue weighted by atomic mass is 79.9. The van der Waals surface area contributed by atoms with E-state index in [0.717, 1.165) is 10.0 Å². The first-order valence-corrected chi connectivity index (χ1v) is 8.59. The van der Waals surface area contributed by atoms with Crippen molar-refractivity contribution >= 4 is 33.5 Å². The van der Waals surface area contributed by atoms with Crippen LogP contribution < -0.4 is 10.6 Å². The van der Waals surface area contributed by atoms with E-state index in [-0.39, 0.29) is 5.91 Å². The third-order valence-electron chi connectivity index (χ3n) is 3.54. The van der Waals surface area contributed by atoms with Gasteiger partial charge in [-0.3, -0.25) is 4.79 Å². The highest BCUT2D eigenvalue weighted by Crippen LogP contribution is 2.21. The Hall–Kier alpha value is -2.73. The van der Waals surface area contributed by atoms with Crippen LogP contribution in [0, 0.1) is 6.92 Å². The van der Waals surface area contributed by atoms with E-state index in [0.29, 0.717) is 23.9 Å². The summed E-state index contributed by atoms with van der Waals surface area (Å²) in [7, 11) is 0. The van der Waals surface area contributed by atoms with Gasteiger partial charge < -0.3 is 10.6 Å². The summed E-state index contributed by atoms with van der Waals surface area (Å²) >= 11 is 3.41. The van der Waals surface area contributed by atoms with Gasteiger partial charge in [-0.25, -0.2) is 9.97 Å². The van der Waals surface area contributed by atoms with Crippen molar-refractivity contribution in [1.29, 1.82) is 0 Å². The predicted octanol–water partition coefficient (Wildman–Crippen LogP) is 4.41. The molecule has 0 aliphatic carbocycles. The Morgan fingerprint density at radius 2 is 1.96 bits per heavy atom. The van der Waals surface area contributed by atoms with E-state index in [1.165, 1.54) is 5.56 Å². The fourth-order valence-corrected chi connectivity index (χ4v) is 2.71. The molecule has 5 nitrogen and oxygen atoms in total. The topological polar surface area (TPSA) is 66.9 Å². The van der Waals surface area contributed by atoms with Crippen molar-refractivity contribution in [2.24, 2.45) is 0 Å². The van der Waals surface area contributed by atoms with Crippen molar-refractivity contribution in [3.8, 4) is 0 Å². The van der Waals surface area contributed by atoms with Crippen LogP contribution in [-0.4, -0.2) is 15.9 Å². The van der Waals surface area contributed by atoms with Crippen molar-refractivity contribution in [3.63, 3.8) is 0 Å². The van der Waals surface area contributed by atoms with Gasteiger partial charge in [0.15, 0.2) is 0 Å². The van der Waals surface area contributed by atoms with Gasteiger partial charge in [0.1, 0.15) is 5.69 Å². The summed E-state index contributed by atoms with van der Waals surface area (Å²) < 4.78 is 0.815. The van der Waals surface area contributed by atoms with E-state index < -0.39 is 0 Å². The van der Waals surface area contributed by atoms with Crippen LogP contribution in [0.4, 0.5) is 11.6 Å². The second-order valence-electron chi connectivity index (χ2n) is 5.54. The van der Waals surface area contributed by atoms with Gasteiger partial charge in [-0.15, -0.1) is 0 Å². The maximum Gasteiger partial charge on any atom is 0.274 e. The predicted molar refractivity (Wildman–Crippen MR) is 103 cm³/mol. The molecule has 0 fully saturated rings. The molecule has 0 atom stereocenters. The number of para-hydroxylation sites is 1. The fraction of sp³-hybridized carbons (Fsp3) is 0.105. The molecule has 0 unspecified atom stereocenters. The maximum absolute atomic E-state index is 12.4. The molecule has 2 N–H and O–H groups in total. The molecule has 126 valence electrons. The Morgan fingerprint density at radius 3 is 2.76 bits per heavy atom. The third-order valence-corrected chi connectivity index (χ3v) is 4.23. The molecule has 3 aromatic rings. The third kappa shape index (κ3) is 4.64. The van der Waals surface area contributed by atoms with Crippen LogP contribution in [0.15, 0.2) is 65.3 Å². The number of aromatic nitrogens is 2. The van der Waals surface area contributed by atoms with Gasteiger partial charge in [-0.2, -0.15) is 0 Å². The Labute approximate surface area is 154 Å². The van der Waals surface area contributed by atoms with Crippen LogP contribution in [0.25, 0.3) is 0 Å². The molecule has 1 aromatic heterocycles. The van der Waals surface area contributed by atoms with E-state index in [1.54, 1.807) is 12.3 Å². The monoisotopic (exact) mass is 396 g/mol. The zero-order chi connectivity index (χ0) is 17.6. The van der Waals surface area contributed by atoms with Crippen LogP contribution in [0.1, 0.15) is 21.6 Å². The van der Waals surface area contributed by atoms with Gasteiger partial charge in [-0.05, 0) is 46.6 Å². The Morgan fingerprint density at radius 1 is 1.12 bits per heavy atom. The number of amides is 1. The summed E-state index contributed by atoms with van der Waals surface area (Å²) in [4.78, 5) is 20.8. The summed E-state index contributed by atoms with van der Waals surface area (Å²) in [5, 5.41) is 5.98. The molecule has 0 saturated heterocycles. The lowest BCUT2D eigenvalue weighted by atomic mass is 10.1. The first-order chi connectivity index (χ1) is 12.1. The fourth-order valence-electron chi connectivity index (χ4n) is 2.32. The van der Waals surface area contributed by atoms with Crippen LogP contribution in [0.3, 0.4) is 0 Å². The molecule has 6 heteroatoms. The zero-order valence-electron chi connectivity index (χ0n) is 13.7. The van der Waals surface area contributed by atoms with Gasteiger partial charge in [0, 0.05) is 17.2 Å². The summed E-state index contributed by atoms with van der Waals surface area (Å²) in [6.45, 7) is 2.64. The Bertz CT molecular complexity index is 898. The molecule has 2 aromatic carbocycles. The number of nitrogens with one attached hydrogen (secondary N) is 2. The van der Waals surface area contributed by atoms with Crippen molar-refractivity contribution < 1.29 is 4.79 Å². The maximum atomic E-state index is 12.4. The van der Waals surface area contributed by atoms with E-state index in [9.17, 15) is 4.79 Å². The Balaban J connectivity index is 1.68. The number of benzene rings is 2. The molecule has 0 aliphatic rings. The lowest BCUT2D eigenvalue weighted by Gasteiger charge is -2.09. The number of carbonyl (C=O) groups is 1. The average Bonchev–Trinajstić information content (AvgIpc) is 2.62. The normalized spacial score (nSPS) is 10.3. The summed E-state index contributed by atoms with van der Waals surface area (Å²) in [6.07, 6.45) is 1.57. The number of rotatable bonds is 5. The number of anilines is 2. The van der Waals surface area contributed by atoms with Crippen molar-refractivity contribution in [1.82, 2.24) is 9.97 Å². The molecule has 3 rings (SSSR count). The van der Waals surface area contributed by atoms with E-state index in [4.69, 9.17) is 0 Å². The molecular weight excluding hydrogens is 380 g/mol. The van der Waals surface area contributed by atoms with E-state index in [1.807, 2.05) is 49.4 Å². The standard InChI is InChI=1S/C19H17BrN4O/c1-13-5-4-6-14(11-13)12-22-19-21-10-9-17(24-19)18(25)23-16-8-3-2-7-15(16)20/h2-11H,12H2,1H3,(H,23,25)(H,21,22,24). The molecule has 1 heterocycles. The van der Waals surface area contributed by atoms with Gasteiger partial charge in [-0.1, -0.05) is 42.0 Å². The number of halogens is 1. The minimum absolute atomic E-state index is 0.284. The van der Waals surface area contributed by atoms with Crippen LogP contribution in [0.5, 0.6) is 0 Å². The SMILES string of the molecule is Cc1cccc(CNc2nccc(C(=O)Nc3ccccc3Br)n2)c1. The van der Waals surface area contributed by atoms with Crippen LogP contribution in [-0.2, 0) is 6.54 Å². The van der Waals surface area contributed by atoms with E-state index >= 15 is 0 Å². The number of hydrogen-bond acceptors (Lipinski definition) is 4. The first kappa shape index (κ1) is 17.1. The molecule has 0 radical (unpaired) electrons. The van der Waals surface area contributed by atoms with Gasteiger partial charge in [0.2, 0.25) is 5.95 Å². The highest BCUT2D eigenvalue weighted by Gasteiger charge is 2.10. The molecule has 0 spiro atoms. The minimum Gasteiger partial charge on any atom is -0.350 e. The van der Waals surface area contributed by atoms with Gasteiger partial charge in [0.05, 0.1) is 5.69 Å². The lowest BCUT2D eigenvalue weighted by Crippen LogP contribution is -2.15. The average molecular weight is 397 g/mol. The summed E-state index contributed by atoms with van der Waals surface area (Å²) in [5.41, 5.74) is 3.33. The van der Waals surface area contributed by atoms with Crippen molar-refractivity contribution in [3.05, 3.63) is 82.1 Å². The number of aryl methyl sites for hydroxylation is 1. The minimum atomic E-state index is -0.284. The largest absolute Gasteiger partial charge is 0.350 e. The second kappa shape index (κ2) is 7.90. The number of carbonyl (C=O) groups excluding carboxylic acids is 1. The highest BCUT2D eigenvalue weighted by molar-refractivity contribution is 9.10. The molecule has 0 bridgehead atoms. The molecule has 1 amide bonds. The number of hydrogen-bond donors (Lipinski definition) is 2. The lowest BCUT2D eigenvalue weighted by molar-refractivity contribution is 0.102. The first-order valence-electron chi connectivity index (χ1n) is 7.80. The van der Waals surface area contributed by atoms with Crippen LogP contribution in [0.2, 0.25) is 0 Å². The van der Waals surface area contributed by atoms with Crippen LogP contribution >= 0.6 is 15.9 Å². The zero-order valence-corrected chi connectivity index (χ0v) is 15.2. The van der Waals surface area contributed by atoms with E-state index in [2.05, 4.69) is 42.6 Å². The molecular formula is C19H17BrN4O. The number of nitrogens with zero attached hydrogens (tertiary/aromatic N) is 2. The van der Waals surface area contributed by atoms with Gasteiger partial charge >= 0.3 is 0 Å². The van der Waals surface area contributed by atoms with Crippen molar-refractivity contribution in [2.75, 3.05) is 10.6 Å². The molecule has 25 heavy (non-hydrogen) atoms. The van der Waals surface area contributed by atoms with Crippen molar-refractivity contribution in [2.45, 2.75) is 13.5 Å².